The maximum absolute atomic E-state index is 12.5. The number of methoxy groups -OCH3 is 1. The number of hydrogen-bond donors (Lipinski definition) is 1. The second-order valence-electron chi connectivity index (χ2n) is 6.71. The van der Waals surface area contributed by atoms with Crippen LogP contribution in [0.4, 0.5) is 5.69 Å². The van der Waals surface area contributed by atoms with Gasteiger partial charge in [0, 0.05) is 42.6 Å². The number of likely N-dealkylation sites (N-methyl/N-ethyl adjacent to an activating group) is 1. The molecule has 0 radical (unpaired) electrons. The number of hydrogen-bond acceptors (Lipinski definition) is 4. The largest absolute Gasteiger partial charge is 0.487 e. The van der Waals surface area contributed by atoms with Crippen LogP contribution in [0.2, 0.25) is 0 Å². The van der Waals surface area contributed by atoms with Crippen LogP contribution in [-0.4, -0.2) is 38.1 Å². The minimum Gasteiger partial charge on any atom is -0.487 e. The number of amides is 1. The first kappa shape index (κ1) is 16.8. The third kappa shape index (κ3) is 3.00. The summed E-state index contributed by atoms with van der Waals surface area (Å²) in [6.07, 6.45) is 0. The molecular weight excluding hydrogens is 328 g/mol. The van der Waals surface area contributed by atoms with Crippen LogP contribution in [0.15, 0.2) is 42.5 Å². The number of carbonyl (C=O) groups excluding carboxylic acids is 1. The molecule has 4 rings (SSSR count). The highest BCUT2D eigenvalue weighted by atomic mass is 16.5. The Balaban J connectivity index is 1.64. The van der Waals surface area contributed by atoms with Gasteiger partial charge >= 0.3 is 0 Å². The number of benzene rings is 2. The Morgan fingerprint density at radius 1 is 1.19 bits per heavy atom. The van der Waals surface area contributed by atoms with Crippen molar-refractivity contribution in [3.8, 4) is 0 Å². The van der Waals surface area contributed by atoms with Crippen molar-refractivity contribution in [2.24, 2.45) is 0 Å². The predicted molar refractivity (Wildman–Crippen MR) is 101 cm³/mol. The molecule has 5 heteroatoms. The molecule has 5 nitrogen and oxygen atoms in total. The van der Waals surface area contributed by atoms with Crippen molar-refractivity contribution in [3.05, 3.63) is 64.7 Å². The highest BCUT2D eigenvalue weighted by Crippen LogP contribution is 2.41. The van der Waals surface area contributed by atoms with Gasteiger partial charge in [0.25, 0.3) is 5.91 Å². The van der Waals surface area contributed by atoms with Crippen molar-refractivity contribution in [1.82, 2.24) is 4.90 Å². The van der Waals surface area contributed by atoms with Gasteiger partial charge in [-0.2, -0.15) is 0 Å². The number of ether oxygens (including phenoxy) is 2. The normalized spacial score (nSPS) is 17.9. The van der Waals surface area contributed by atoms with E-state index < -0.39 is 0 Å². The topological polar surface area (TPSA) is 50.8 Å². The Kier molecular flexibility index (Phi) is 4.49. The van der Waals surface area contributed by atoms with E-state index in [0.717, 1.165) is 42.1 Å². The first-order valence-corrected chi connectivity index (χ1v) is 8.75. The van der Waals surface area contributed by atoms with E-state index in [1.54, 1.807) is 7.11 Å². The van der Waals surface area contributed by atoms with Gasteiger partial charge in [-0.25, -0.2) is 0 Å². The molecule has 2 aromatic carbocycles. The molecule has 26 heavy (non-hydrogen) atoms. The smallest absolute Gasteiger partial charge is 0.260 e. The fourth-order valence-corrected chi connectivity index (χ4v) is 3.50. The Hall–Kier alpha value is -2.63. The summed E-state index contributed by atoms with van der Waals surface area (Å²) in [4.78, 5) is 14.7. The summed E-state index contributed by atoms with van der Waals surface area (Å²) in [6, 6.07) is 14.1. The average Bonchev–Trinajstić information content (AvgIpc) is 3.19. The van der Waals surface area contributed by atoms with E-state index in [1.165, 1.54) is 5.56 Å². The Labute approximate surface area is 153 Å². The molecular formula is C21H22N2O3. The van der Waals surface area contributed by atoms with Crippen LogP contribution >= 0.6 is 0 Å². The number of rotatable bonds is 5. The van der Waals surface area contributed by atoms with E-state index in [0.29, 0.717) is 17.9 Å². The van der Waals surface area contributed by atoms with Crippen molar-refractivity contribution in [1.29, 1.82) is 0 Å². The first-order valence-electron chi connectivity index (χ1n) is 8.75. The molecule has 2 aromatic rings. The summed E-state index contributed by atoms with van der Waals surface area (Å²) in [7, 11) is 3.79. The van der Waals surface area contributed by atoms with Crippen LogP contribution in [0, 0.1) is 0 Å². The van der Waals surface area contributed by atoms with Crippen molar-refractivity contribution in [3.63, 3.8) is 0 Å². The second kappa shape index (κ2) is 6.94. The predicted octanol–water partition coefficient (Wildman–Crippen LogP) is 3.12. The van der Waals surface area contributed by atoms with Crippen LogP contribution in [-0.2, 0) is 27.4 Å². The minimum atomic E-state index is -0.0996. The lowest BCUT2D eigenvalue weighted by atomic mass is 9.99. The van der Waals surface area contributed by atoms with Gasteiger partial charge in [-0.05, 0) is 18.7 Å². The van der Waals surface area contributed by atoms with E-state index >= 15 is 0 Å². The molecule has 0 aliphatic carbocycles. The molecule has 1 amide bonds. The van der Waals surface area contributed by atoms with Crippen LogP contribution in [0.3, 0.4) is 0 Å². The highest BCUT2D eigenvalue weighted by Gasteiger charge is 2.32. The average molecular weight is 350 g/mol. The monoisotopic (exact) mass is 350 g/mol. The van der Waals surface area contributed by atoms with Crippen molar-refractivity contribution in [2.75, 3.05) is 32.6 Å². The standard InChI is InChI=1S/C21H22N2O3/c1-23(9-10-25-2)12-14-7-8-16-15(11-14)13-26-20(16)19-17-5-3-4-6-18(17)22-21(19)24/h3-8,11H,9-10,12-13H2,1-2H3,(H,22,24)/b20-19+. The number of anilines is 1. The van der Waals surface area contributed by atoms with Gasteiger partial charge in [0.1, 0.15) is 12.4 Å². The van der Waals surface area contributed by atoms with E-state index in [9.17, 15) is 4.79 Å². The minimum absolute atomic E-state index is 0.0996. The molecule has 0 saturated heterocycles. The van der Waals surface area contributed by atoms with Gasteiger partial charge in [-0.15, -0.1) is 0 Å². The second-order valence-corrected chi connectivity index (χ2v) is 6.71. The first-order chi connectivity index (χ1) is 12.7. The Bertz CT molecular complexity index is 889. The highest BCUT2D eigenvalue weighted by molar-refractivity contribution is 6.36. The molecule has 0 spiro atoms. The number of para-hydroxylation sites is 1. The molecule has 0 unspecified atom stereocenters. The maximum atomic E-state index is 12.5. The van der Waals surface area contributed by atoms with Gasteiger partial charge in [-0.3, -0.25) is 9.69 Å². The molecule has 134 valence electrons. The summed E-state index contributed by atoms with van der Waals surface area (Å²) in [6.45, 7) is 2.96. The molecule has 0 bridgehead atoms. The number of fused-ring (bicyclic) bond motifs is 2. The van der Waals surface area contributed by atoms with Gasteiger partial charge in [0.2, 0.25) is 0 Å². The molecule has 1 N–H and O–H groups in total. The fourth-order valence-electron chi connectivity index (χ4n) is 3.50. The summed E-state index contributed by atoms with van der Waals surface area (Å²) >= 11 is 0. The Morgan fingerprint density at radius 2 is 2.04 bits per heavy atom. The van der Waals surface area contributed by atoms with Gasteiger partial charge in [0.15, 0.2) is 0 Å². The lowest BCUT2D eigenvalue weighted by Crippen LogP contribution is -2.22. The quantitative estimate of drug-likeness (QED) is 0.842. The van der Waals surface area contributed by atoms with Gasteiger partial charge in [0.05, 0.1) is 12.2 Å². The third-order valence-electron chi connectivity index (χ3n) is 4.81. The zero-order valence-electron chi connectivity index (χ0n) is 15.0. The Morgan fingerprint density at radius 3 is 2.88 bits per heavy atom. The molecule has 0 aromatic heterocycles. The van der Waals surface area contributed by atoms with Crippen LogP contribution < -0.4 is 5.32 Å². The SMILES string of the molecule is COCCN(C)Cc1ccc2c(c1)CO/C2=C1/C(=O)Nc2ccccc21. The van der Waals surface area contributed by atoms with Crippen LogP contribution in [0.5, 0.6) is 0 Å². The lowest BCUT2D eigenvalue weighted by molar-refractivity contribution is -0.110. The fraction of sp³-hybridized carbons (Fsp3) is 0.286. The molecule has 2 aliphatic heterocycles. The molecule has 2 aliphatic rings. The third-order valence-corrected chi connectivity index (χ3v) is 4.81. The number of carbonyl (C=O) groups is 1. The molecule has 0 fully saturated rings. The number of nitrogens with one attached hydrogen (secondary N) is 1. The molecule has 0 saturated carbocycles. The van der Waals surface area contributed by atoms with Crippen molar-refractivity contribution < 1.29 is 14.3 Å². The molecule has 2 heterocycles. The number of nitrogens with zero attached hydrogens (tertiary/aromatic N) is 1. The maximum Gasteiger partial charge on any atom is 0.260 e. The van der Waals surface area contributed by atoms with E-state index in [4.69, 9.17) is 9.47 Å². The zero-order valence-corrected chi connectivity index (χ0v) is 15.0. The summed E-state index contributed by atoms with van der Waals surface area (Å²) in [5.41, 5.74) is 5.74. The van der Waals surface area contributed by atoms with E-state index in [-0.39, 0.29) is 5.91 Å². The van der Waals surface area contributed by atoms with Gasteiger partial charge in [-0.1, -0.05) is 36.4 Å². The summed E-state index contributed by atoms with van der Waals surface area (Å²) in [5.74, 6) is 0.583. The van der Waals surface area contributed by atoms with Crippen molar-refractivity contribution >= 4 is 22.9 Å². The van der Waals surface area contributed by atoms with Crippen LogP contribution in [0.25, 0.3) is 11.3 Å². The summed E-state index contributed by atoms with van der Waals surface area (Å²) < 4.78 is 11.1. The van der Waals surface area contributed by atoms with E-state index in [1.807, 2.05) is 24.3 Å². The van der Waals surface area contributed by atoms with Gasteiger partial charge < -0.3 is 14.8 Å². The molecule has 0 atom stereocenters. The lowest BCUT2D eigenvalue weighted by Gasteiger charge is -2.16. The van der Waals surface area contributed by atoms with Crippen molar-refractivity contribution in [2.45, 2.75) is 13.2 Å². The summed E-state index contributed by atoms with van der Waals surface area (Å²) in [5, 5.41) is 2.92. The zero-order chi connectivity index (χ0) is 18.1. The van der Waals surface area contributed by atoms with Crippen LogP contribution in [0.1, 0.15) is 22.3 Å². The van der Waals surface area contributed by atoms with E-state index in [2.05, 4.69) is 35.5 Å².